The third-order valence-electron chi connectivity index (χ3n) is 1.77. The van der Waals surface area contributed by atoms with Crippen molar-refractivity contribution in [1.82, 2.24) is 0 Å². The van der Waals surface area contributed by atoms with E-state index < -0.39 is 28.4 Å². The van der Waals surface area contributed by atoms with E-state index in [-0.39, 0.29) is 16.8 Å². The predicted molar refractivity (Wildman–Crippen MR) is 58.9 cm³/mol. The number of hydrogen-bond acceptors (Lipinski definition) is 3. The Labute approximate surface area is 100 Å². The molecule has 0 aliphatic carbocycles. The molecule has 0 saturated heterocycles. The van der Waals surface area contributed by atoms with Crippen LogP contribution in [0.4, 0.5) is 8.78 Å². The molecule has 6 heteroatoms. The van der Waals surface area contributed by atoms with Gasteiger partial charge in [-0.25, -0.2) is 8.78 Å². The summed E-state index contributed by atoms with van der Waals surface area (Å²) >= 11 is 0. The molecule has 1 rings (SSSR count). The molecule has 94 valence electrons. The molecule has 0 fully saturated rings. The lowest BCUT2D eigenvalue weighted by molar-refractivity contribution is -0.144. The van der Waals surface area contributed by atoms with Gasteiger partial charge in [0.1, 0.15) is 5.75 Å². The molecular formula is C11H12F2O3S. The van der Waals surface area contributed by atoms with Crippen LogP contribution < -0.4 is 0 Å². The molecule has 1 aromatic rings. The van der Waals surface area contributed by atoms with Crippen LogP contribution in [0.5, 0.6) is 0 Å². The average molecular weight is 262 g/mol. The van der Waals surface area contributed by atoms with Crippen molar-refractivity contribution in [3.8, 4) is 0 Å². The van der Waals surface area contributed by atoms with Crippen molar-refractivity contribution in [2.75, 3.05) is 5.75 Å². The number of ether oxygens (including phenoxy) is 1. The minimum absolute atomic E-state index is 0.0598. The van der Waals surface area contributed by atoms with Gasteiger partial charge in [-0.1, -0.05) is 0 Å². The third-order valence-corrected chi connectivity index (χ3v) is 3.05. The minimum Gasteiger partial charge on any atom is -0.462 e. The Morgan fingerprint density at radius 2 is 2.00 bits per heavy atom. The Hall–Kier alpha value is -1.30. The Morgan fingerprint density at radius 1 is 1.35 bits per heavy atom. The standard InChI is InChI=1S/C11H12F2O3S/c1-7(2)16-11(14)6-17(15)8-3-4-9(12)10(13)5-8/h3-5,7H,6H2,1-2H3. The normalized spacial score (nSPS) is 12.5. The van der Waals surface area contributed by atoms with Crippen LogP contribution in [0.2, 0.25) is 0 Å². The summed E-state index contributed by atoms with van der Waals surface area (Å²) in [5, 5.41) is 0. The lowest BCUT2D eigenvalue weighted by Gasteiger charge is -2.07. The van der Waals surface area contributed by atoms with Crippen LogP contribution in [0.25, 0.3) is 0 Å². The van der Waals surface area contributed by atoms with Crippen LogP contribution in [0.3, 0.4) is 0 Å². The lowest BCUT2D eigenvalue weighted by atomic mass is 10.3. The van der Waals surface area contributed by atoms with Gasteiger partial charge in [-0.3, -0.25) is 9.00 Å². The molecule has 1 unspecified atom stereocenters. The van der Waals surface area contributed by atoms with Gasteiger partial charge in [0.15, 0.2) is 11.6 Å². The largest absolute Gasteiger partial charge is 0.462 e. The smallest absolute Gasteiger partial charge is 0.319 e. The quantitative estimate of drug-likeness (QED) is 0.780. The molecular weight excluding hydrogens is 250 g/mol. The van der Waals surface area contributed by atoms with Crippen molar-refractivity contribution in [3.63, 3.8) is 0 Å². The van der Waals surface area contributed by atoms with Crippen LogP contribution in [-0.2, 0) is 20.3 Å². The fraction of sp³-hybridized carbons (Fsp3) is 0.364. The maximum Gasteiger partial charge on any atom is 0.319 e. The average Bonchev–Trinajstić information content (AvgIpc) is 2.20. The maximum absolute atomic E-state index is 12.9. The Morgan fingerprint density at radius 3 is 2.53 bits per heavy atom. The third kappa shape index (κ3) is 4.22. The minimum atomic E-state index is -1.73. The molecule has 0 aromatic heterocycles. The number of halogens is 2. The fourth-order valence-electron chi connectivity index (χ4n) is 1.11. The van der Waals surface area contributed by atoms with E-state index in [0.29, 0.717) is 0 Å². The maximum atomic E-state index is 12.9. The zero-order valence-electron chi connectivity index (χ0n) is 9.41. The summed E-state index contributed by atoms with van der Waals surface area (Å²) in [4.78, 5) is 11.3. The lowest BCUT2D eigenvalue weighted by Crippen LogP contribution is -2.18. The topological polar surface area (TPSA) is 43.4 Å². The van der Waals surface area contributed by atoms with Gasteiger partial charge in [-0.15, -0.1) is 0 Å². The summed E-state index contributed by atoms with van der Waals surface area (Å²) in [5.74, 6) is -3.12. The van der Waals surface area contributed by atoms with E-state index in [1.165, 1.54) is 6.07 Å². The van der Waals surface area contributed by atoms with E-state index in [1.807, 2.05) is 0 Å². The molecule has 0 radical (unpaired) electrons. The fourth-order valence-corrected chi connectivity index (χ4v) is 2.01. The molecule has 1 atom stereocenters. The number of carbonyl (C=O) groups is 1. The van der Waals surface area contributed by atoms with Crippen molar-refractivity contribution < 1.29 is 22.5 Å². The molecule has 0 N–H and O–H groups in total. The van der Waals surface area contributed by atoms with Gasteiger partial charge in [0, 0.05) is 4.90 Å². The van der Waals surface area contributed by atoms with E-state index in [9.17, 15) is 17.8 Å². The Kier molecular flexibility index (Phi) is 4.74. The van der Waals surface area contributed by atoms with Gasteiger partial charge < -0.3 is 4.74 Å². The molecule has 0 saturated carbocycles. The number of benzene rings is 1. The summed E-state index contributed by atoms with van der Waals surface area (Å²) in [5.41, 5.74) is 0. The van der Waals surface area contributed by atoms with Crippen molar-refractivity contribution in [2.45, 2.75) is 24.8 Å². The number of carbonyl (C=O) groups excluding carboxylic acids is 1. The highest BCUT2D eigenvalue weighted by Gasteiger charge is 2.14. The van der Waals surface area contributed by atoms with E-state index >= 15 is 0 Å². The molecule has 1 aromatic carbocycles. The van der Waals surface area contributed by atoms with Crippen LogP contribution in [0.1, 0.15) is 13.8 Å². The van der Waals surface area contributed by atoms with Crippen LogP contribution >= 0.6 is 0 Å². The first-order valence-electron chi connectivity index (χ1n) is 4.93. The van der Waals surface area contributed by atoms with Gasteiger partial charge in [0.25, 0.3) is 0 Å². The SMILES string of the molecule is CC(C)OC(=O)CS(=O)c1ccc(F)c(F)c1. The summed E-state index contributed by atoms with van der Waals surface area (Å²) in [6, 6.07) is 2.86. The first-order chi connectivity index (χ1) is 7.90. The summed E-state index contributed by atoms with van der Waals surface area (Å²) in [6.07, 6.45) is -0.301. The Bertz CT molecular complexity index is 446. The van der Waals surface area contributed by atoms with Gasteiger partial charge in [0.2, 0.25) is 0 Å². The highest BCUT2D eigenvalue weighted by atomic mass is 32.2. The van der Waals surface area contributed by atoms with Gasteiger partial charge in [-0.05, 0) is 32.0 Å². The van der Waals surface area contributed by atoms with Gasteiger partial charge >= 0.3 is 5.97 Å². The second-order valence-corrected chi connectivity index (χ2v) is 5.06. The highest BCUT2D eigenvalue weighted by molar-refractivity contribution is 7.85. The van der Waals surface area contributed by atoms with Crippen LogP contribution in [0.15, 0.2) is 23.1 Å². The predicted octanol–water partition coefficient (Wildman–Crippen LogP) is 2.02. The first kappa shape index (κ1) is 13.8. The van der Waals surface area contributed by atoms with Crippen molar-refractivity contribution in [1.29, 1.82) is 0 Å². The second kappa shape index (κ2) is 5.86. The van der Waals surface area contributed by atoms with Crippen LogP contribution in [-0.4, -0.2) is 22.0 Å². The zero-order valence-corrected chi connectivity index (χ0v) is 10.2. The van der Waals surface area contributed by atoms with E-state index in [2.05, 4.69) is 0 Å². The number of esters is 1. The van der Waals surface area contributed by atoms with E-state index in [1.54, 1.807) is 13.8 Å². The summed E-state index contributed by atoms with van der Waals surface area (Å²) in [7, 11) is -1.73. The highest BCUT2D eigenvalue weighted by Crippen LogP contribution is 2.12. The molecule has 0 heterocycles. The van der Waals surface area contributed by atoms with Crippen LogP contribution in [0, 0.1) is 11.6 Å². The number of rotatable bonds is 4. The molecule has 0 spiro atoms. The summed E-state index contributed by atoms with van der Waals surface area (Å²) in [6.45, 7) is 3.33. The zero-order chi connectivity index (χ0) is 13.0. The van der Waals surface area contributed by atoms with E-state index in [0.717, 1.165) is 12.1 Å². The van der Waals surface area contributed by atoms with E-state index in [4.69, 9.17) is 4.74 Å². The monoisotopic (exact) mass is 262 g/mol. The van der Waals surface area contributed by atoms with Gasteiger partial charge in [0.05, 0.1) is 16.9 Å². The van der Waals surface area contributed by atoms with Gasteiger partial charge in [-0.2, -0.15) is 0 Å². The molecule has 17 heavy (non-hydrogen) atoms. The Balaban J connectivity index is 2.70. The van der Waals surface area contributed by atoms with Crippen molar-refractivity contribution >= 4 is 16.8 Å². The second-order valence-electron chi connectivity index (χ2n) is 3.60. The molecule has 0 amide bonds. The molecule has 0 aliphatic rings. The molecule has 3 nitrogen and oxygen atoms in total. The molecule has 0 aliphatic heterocycles. The number of hydrogen-bond donors (Lipinski definition) is 0. The first-order valence-corrected chi connectivity index (χ1v) is 6.25. The van der Waals surface area contributed by atoms with Crippen molar-refractivity contribution in [2.24, 2.45) is 0 Å². The summed E-state index contributed by atoms with van der Waals surface area (Å²) < 4.78 is 41.9. The molecule has 0 bridgehead atoms. The van der Waals surface area contributed by atoms with Crippen molar-refractivity contribution in [3.05, 3.63) is 29.8 Å².